The van der Waals surface area contributed by atoms with E-state index in [4.69, 9.17) is 0 Å². The van der Waals surface area contributed by atoms with Gasteiger partial charge >= 0.3 is 6.03 Å². The number of rotatable bonds is 6. The Morgan fingerprint density at radius 1 is 1.43 bits per heavy atom. The van der Waals surface area contributed by atoms with Gasteiger partial charge in [0.05, 0.1) is 12.1 Å². The van der Waals surface area contributed by atoms with Crippen LogP contribution in [0.2, 0.25) is 0 Å². The van der Waals surface area contributed by atoms with Crippen LogP contribution in [0.1, 0.15) is 25.3 Å². The van der Waals surface area contributed by atoms with E-state index >= 15 is 0 Å². The highest BCUT2D eigenvalue weighted by Crippen LogP contribution is 2.39. The molecule has 1 aliphatic rings. The van der Waals surface area contributed by atoms with Gasteiger partial charge in [-0.05, 0) is 55.9 Å². The maximum absolute atomic E-state index is 13.4. The Bertz CT molecular complexity index is 520. The molecule has 0 saturated heterocycles. The number of aliphatic hydroxyl groups is 1. The number of amides is 2. The highest BCUT2D eigenvalue weighted by atomic mass is 19.1. The van der Waals surface area contributed by atoms with Crippen LogP contribution in [0.5, 0.6) is 0 Å². The average molecular weight is 298 g/mol. The summed E-state index contributed by atoms with van der Waals surface area (Å²) in [4.78, 5) is 11.8. The van der Waals surface area contributed by atoms with Crippen molar-refractivity contribution in [1.29, 1.82) is 0 Å². The number of hydrogen-bond acceptors (Lipinski definition) is 2. The number of urea groups is 1. The van der Waals surface area contributed by atoms with E-state index in [0.717, 1.165) is 31.0 Å². The second kappa shape index (κ2) is 6.39. The van der Waals surface area contributed by atoms with E-state index in [9.17, 15) is 18.7 Å². The summed E-state index contributed by atoms with van der Waals surface area (Å²) in [6.45, 7) is 1.87. The highest BCUT2D eigenvalue weighted by molar-refractivity contribution is 5.74. The number of benzene rings is 1. The van der Waals surface area contributed by atoms with Gasteiger partial charge in [0, 0.05) is 6.54 Å². The summed E-state index contributed by atoms with van der Waals surface area (Å²) in [5.41, 5.74) is -0.392. The predicted octanol–water partition coefficient (Wildman–Crippen LogP) is 1.97. The van der Waals surface area contributed by atoms with E-state index in [1.807, 2.05) is 0 Å². The molecule has 116 valence electrons. The third-order valence-electron chi connectivity index (χ3n) is 3.89. The molecular weight excluding hydrogens is 278 g/mol. The molecule has 1 saturated carbocycles. The first-order valence-corrected chi connectivity index (χ1v) is 7.05. The van der Waals surface area contributed by atoms with Crippen LogP contribution in [0.25, 0.3) is 0 Å². The lowest BCUT2D eigenvalue weighted by Crippen LogP contribution is -2.54. The Morgan fingerprint density at radius 3 is 2.76 bits per heavy atom. The van der Waals surface area contributed by atoms with Gasteiger partial charge in [-0.3, -0.25) is 0 Å². The Balaban J connectivity index is 1.80. The third kappa shape index (κ3) is 4.14. The lowest BCUT2D eigenvalue weighted by molar-refractivity contribution is 0.155. The molecule has 1 aliphatic carbocycles. The van der Waals surface area contributed by atoms with E-state index in [2.05, 4.69) is 10.6 Å². The van der Waals surface area contributed by atoms with Crippen LogP contribution in [-0.2, 0) is 6.42 Å². The van der Waals surface area contributed by atoms with Crippen molar-refractivity contribution >= 4 is 6.03 Å². The molecule has 0 spiro atoms. The van der Waals surface area contributed by atoms with E-state index in [1.165, 1.54) is 0 Å². The molecule has 3 N–H and O–H groups in total. The number of halogens is 2. The maximum atomic E-state index is 13.4. The van der Waals surface area contributed by atoms with Crippen LogP contribution < -0.4 is 10.6 Å². The SMILES string of the molecule is CC(CO)(NC(=O)NCCc1cc(F)ccc1F)C1CC1. The third-order valence-corrected chi connectivity index (χ3v) is 3.89. The van der Waals surface area contributed by atoms with Crippen LogP contribution in [0.3, 0.4) is 0 Å². The zero-order valence-electron chi connectivity index (χ0n) is 12.0. The molecule has 0 radical (unpaired) electrons. The number of carbonyl (C=O) groups excluding carboxylic acids is 1. The second-order valence-corrected chi connectivity index (χ2v) is 5.72. The second-order valence-electron chi connectivity index (χ2n) is 5.72. The summed E-state index contributed by atoms with van der Waals surface area (Å²) in [7, 11) is 0. The number of aliphatic hydroxyl groups excluding tert-OH is 1. The molecule has 2 rings (SSSR count). The van der Waals surface area contributed by atoms with Gasteiger partial charge in [0.1, 0.15) is 11.6 Å². The number of nitrogens with one attached hydrogen (secondary N) is 2. The van der Waals surface area contributed by atoms with Gasteiger partial charge in [-0.25, -0.2) is 13.6 Å². The van der Waals surface area contributed by atoms with E-state index < -0.39 is 23.2 Å². The first kappa shape index (κ1) is 15.7. The minimum atomic E-state index is -0.617. The fourth-order valence-corrected chi connectivity index (χ4v) is 2.34. The topological polar surface area (TPSA) is 61.4 Å². The van der Waals surface area contributed by atoms with Gasteiger partial charge in [-0.15, -0.1) is 0 Å². The van der Waals surface area contributed by atoms with Gasteiger partial charge in [0.15, 0.2) is 0 Å². The fraction of sp³-hybridized carbons (Fsp3) is 0.533. The lowest BCUT2D eigenvalue weighted by atomic mass is 9.97. The predicted molar refractivity (Wildman–Crippen MR) is 74.8 cm³/mol. The van der Waals surface area contributed by atoms with Crippen LogP contribution >= 0.6 is 0 Å². The molecule has 1 aromatic carbocycles. The summed E-state index contributed by atoms with van der Waals surface area (Å²) in [6, 6.07) is 2.84. The van der Waals surface area contributed by atoms with E-state index in [1.54, 1.807) is 6.92 Å². The molecule has 2 amide bonds. The average Bonchev–Trinajstić information content (AvgIpc) is 3.27. The molecular formula is C15H20F2N2O2. The van der Waals surface area contributed by atoms with Crippen LogP contribution in [0.15, 0.2) is 18.2 Å². The molecule has 4 nitrogen and oxygen atoms in total. The van der Waals surface area contributed by atoms with Gasteiger partial charge in [0.2, 0.25) is 0 Å². The molecule has 1 atom stereocenters. The van der Waals surface area contributed by atoms with Crippen molar-refractivity contribution < 1.29 is 18.7 Å². The molecule has 1 unspecified atom stereocenters. The van der Waals surface area contributed by atoms with Crippen molar-refractivity contribution in [1.82, 2.24) is 10.6 Å². The zero-order chi connectivity index (χ0) is 15.5. The Morgan fingerprint density at radius 2 is 2.14 bits per heavy atom. The molecule has 1 aromatic rings. The summed E-state index contributed by atoms with van der Waals surface area (Å²) < 4.78 is 26.4. The van der Waals surface area contributed by atoms with Crippen LogP contribution in [0.4, 0.5) is 13.6 Å². The molecule has 0 heterocycles. The highest BCUT2D eigenvalue weighted by Gasteiger charge is 2.42. The summed E-state index contributed by atoms with van der Waals surface area (Å²) in [6.07, 6.45) is 2.19. The minimum Gasteiger partial charge on any atom is -0.394 e. The zero-order valence-corrected chi connectivity index (χ0v) is 12.0. The molecule has 0 aromatic heterocycles. The molecule has 1 fully saturated rings. The normalized spacial score (nSPS) is 17.1. The fourth-order valence-electron chi connectivity index (χ4n) is 2.34. The van der Waals surface area contributed by atoms with Gasteiger partial charge in [-0.1, -0.05) is 0 Å². The summed E-state index contributed by atoms with van der Waals surface area (Å²) >= 11 is 0. The van der Waals surface area contributed by atoms with Crippen molar-refractivity contribution in [2.24, 2.45) is 5.92 Å². The van der Waals surface area contributed by atoms with Crippen molar-refractivity contribution in [3.8, 4) is 0 Å². The monoisotopic (exact) mass is 298 g/mol. The Hall–Kier alpha value is -1.69. The first-order valence-electron chi connectivity index (χ1n) is 7.05. The molecule has 0 aliphatic heterocycles. The number of hydrogen-bond donors (Lipinski definition) is 3. The largest absolute Gasteiger partial charge is 0.394 e. The molecule has 6 heteroatoms. The summed E-state index contributed by atoms with van der Waals surface area (Å²) in [5, 5.41) is 14.7. The Kier molecular flexibility index (Phi) is 4.77. The van der Waals surface area contributed by atoms with Gasteiger partial charge < -0.3 is 15.7 Å². The van der Waals surface area contributed by atoms with Crippen LogP contribution in [0, 0.1) is 17.6 Å². The molecule has 0 bridgehead atoms. The lowest BCUT2D eigenvalue weighted by Gasteiger charge is -2.28. The summed E-state index contributed by atoms with van der Waals surface area (Å²) in [5.74, 6) is -0.692. The van der Waals surface area contributed by atoms with E-state index in [0.29, 0.717) is 5.92 Å². The van der Waals surface area contributed by atoms with Gasteiger partial charge in [0.25, 0.3) is 0 Å². The van der Waals surface area contributed by atoms with Crippen molar-refractivity contribution in [2.75, 3.05) is 13.2 Å². The number of carbonyl (C=O) groups is 1. The standard InChI is InChI=1S/C15H20F2N2O2/c1-15(9-20,11-2-3-11)19-14(21)18-7-6-10-8-12(16)4-5-13(10)17/h4-5,8,11,20H,2-3,6-7,9H2,1H3,(H2,18,19,21). The minimum absolute atomic E-state index is 0.121. The van der Waals surface area contributed by atoms with Crippen molar-refractivity contribution in [3.05, 3.63) is 35.4 Å². The smallest absolute Gasteiger partial charge is 0.315 e. The Labute approximate surface area is 122 Å². The quantitative estimate of drug-likeness (QED) is 0.752. The first-order chi connectivity index (χ1) is 9.94. The maximum Gasteiger partial charge on any atom is 0.315 e. The van der Waals surface area contributed by atoms with E-state index in [-0.39, 0.29) is 25.1 Å². The van der Waals surface area contributed by atoms with Gasteiger partial charge in [-0.2, -0.15) is 0 Å². The van der Waals surface area contributed by atoms with Crippen molar-refractivity contribution in [2.45, 2.75) is 31.7 Å². The van der Waals surface area contributed by atoms with Crippen LogP contribution in [-0.4, -0.2) is 29.8 Å². The van der Waals surface area contributed by atoms with Crippen molar-refractivity contribution in [3.63, 3.8) is 0 Å². The molecule has 21 heavy (non-hydrogen) atoms.